The van der Waals surface area contributed by atoms with Crippen molar-refractivity contribution < 1.29 is 0 Å². The monoisotopic (exact) mass is 549 g/mol. The van der Waals surface area contributed by atoms with E-state index in [2.05, 4.69) is 135 Å². The minimum absolute atomic E-state index is 0.920. The minimum atomic E-state index is 0.920. The highest BCUT2D eigenvalue weighted by Gasteiger charge is 2.24. The SMILES string of the molecule is c1ccc(-n2c3ccccc3c3ccc4c(c5ccc6c(c7ncccc7c7nccn67)c5n4-c4ccccc4)c32)cc1. The Morgan fingerprint density at radius 1 is 0.419 bits per heavy atom. The first kappa shape index (κ1) is 22.7. The molecule has 0 aliphatic heterocycles. The maximum absolute atomic E-state index is 4.98. The third-order valence-corrected chi connectivity index (χ3v) is 8.92. The van der Waals surface area contributed by atoms with Crippen molar-refractivity contribution in [3.63, 3.8) is 0 Å². The molecule has 0 amide bonds. The number of rotatable bonds is 2. The van der Waals surface area contributed by atoms with E-state index in [4.69, 9.17) is 9.97 Å². The van der Waals surface area contributed by atoms with Crippen molar-refractivity contribution >= 4 is 71.1 Å². The summed E-state index contributed by atoms with van der Waals surface area (Å²) in [4.78, 5) is 9.71. The summed E-state index contributed by atoms with van der Waals surface area (Å²) in [5.74, 6) is 0. The molecule has 10 aromatic rings. The van der Waals surface area contributed by atoms with Crippen LogP contribution < -0.4 is 0 Å². The van der Waals surface area contributed by atoms with Gasteiger partial charge in [0, 0.05) is 62.3 Å². The third kappa shape index (κ3) is 2.90. The van der Waals surface area contributed by atoms with Crippen LogP contribution in [0.15, 0.2) is 140 Å². The molecule has 0 saturated carbocycles. The van der Waals surface area contributed by atoms with Crippen LogP contribution in [-0.2, 0) is 0 Å². The molecule has 10 rings (SSSR count). The molecule has 5 heteroatoms. The predicted octanol–water partition coefficient (Wildman–Crippen LogP) is 9.23. The molecule has 0 saturated heterocycles. The van der Waals surface area contributed by atoms with Crippen molar-refractivity contribution in [2.45, 2.75) is 0 Å². The second-order valence-electron chi connectivity index (χ2n) is 11.1. The summed E-state index contributed by atoms with van der Waals surface area (Å²) >= 11 is 0. The first-order chi connectivity index (χ1) is 21.4. The minimum Gasteiger partial charge on any atom is -0.309 e. The number of hydrogen-bond acceptors (Lipinski definition) is 2. The molecule has 0 atom stereocenters. The second-order valence-corrected chi connectivity index (χ2v) is 11.1. The van der Waals surface area contributed by atoms with Gasteiger partial charge < -0.3 is 9.13 Å². The Hall–Kier alpha value is -5.94. The molecule has 5 aromatic heterocycles. The Morgan fingerprint density at radius 2 is 1.07 bits per heavy atom. The molecule has 5 nitrogen and oxygen atoms in total. The van der Waals surface area contributed by atoms with Crippen molar-refractivity contribution in [1.29, 1.82) is 0 Å². The molecular weight excluding hydrogens is 526 g/mol. The van der Waals surface area contributed by atoms with Crippen LogP contribution >= 0.6 is 0 Å². The zero-order valence-corrected chi connectivity index (χ0v) is 23.0. The highest BCUT2D eigenvalue weighted by Crippen LogP contribution is 2.44. The smallest absolute Gasteiger partial charge is 0.146 e. The zero-order chi connectivity index (χ0) is 28.1. The molecule has 200 valence electrons. The van der Waals surface area contributed by atoms with E-state index in [0.717, 1.165) is 49.9 Å². The average molecular weight is 550 g/mol. The Balaban J connectivity index is 1.54. The van der Waals surface area contributed by atoms with Gasteiger partial charge in [0.2, 0.25) is 0 Å². The Morgan fingerprint density at radius 3 is 1.88 bits per heavy atom. The fourth-order valence-electron chi connectivity index (χ4n) is 7.24. The number of para-hydroxylation sites is 3. The predicted molar refractivity (Wildman–Crippen MR) is 177 cm³/mol. The summed E-state index contributed by atoms with van der Waals surface area (Å²) in [6.07, 6.45) is 5.82. The number of benzene rings is 5. The van der Waals surface area contributed by atoms with E-state index in [1.165, 1.54) is 32.6 Å². The van der Waals surface area contributed by atoms with Gasteiger partial charge in [-0.1, -0.05) is 60.7 Å². The van der Waals surface area contributed by atoms with Gasteiger partial charge in [0.25, 0.3) is 0 Å². The summed E-state index contributed by atoms with van der Waals surface area (Å²) < 4.78 is 7.06. The quantitative estimate of drug-likeness (QED) is 0.202. The van der Waals surface area contributed by atoms with Gasteiger partial charge in [-0.2, -0.15) is 0 Å². The Bertz CT molecular complexity index is 2710. The number of aromatic nitrogens is 5. The van der Waals surface area contributed by atoms with Crippen LogP contribution in [0.4, 0.5) is 0 Å². The first-order valence-corrected chi connectivity index (χ1v) is 14.5. The van der Waals surface area contributed by atoms with Crippen LogP contribution in [0.3, 0.4) is 0 Å². The van der Waals surface area contributed by atoms with Gasteiger partial charge in [-0.05, 0) is 60.7 Å². The van der Waals surface area contributed by atoms with E-state index in [1.807, 2.05) is 18.5 Å². The number of nitrogens with zero attached hydrogens (tertiary/aromatic N) is 5. The van der Waals surface area contributed by atoms with Gasteiger partial charge in [0.1, 0.15) is 5.65 Å². The summed E-state index contributed by atoms with van der Waals surface area (Å²) in [7, 11) is 0. The van der Waals surface area contributed by atoms with E-state index >= 15 is 0 Å². The summed E-state index contributed by atoms with van der Waals surface area (Å²) in [5.41, 5.74) is 9.96. The lowest BCUT2D eigenvalue weighted by molar-refractivity contribution is 1.18. The molecule has 0 fully saturated rings. The van der Waals surface area contributed by atoms with Gasteiger partial charge in [0.15, 0.2) is 0 Å². The zero-order valence-electron chi connectivity index (χ0n) is 23.0. The maximum atomic E-state index is 4.98. The fraction of sp³-hybridized carbons (Fsp3) is 0. The lowest BCUT2D eigenvalue weighted by atomic mass is 10.0. The van der Waals surface area contributed by atoms with Gasteiger partial charge in [0.05, 0.1) is 33.1 Å². The van der Waals surface area contributed by atoms with Crippen LogP contribution in [0.5, 0.6) is 0 Å². The highest BCUT2D eigenvalue weighted by atomic mass is 15.0. The average Bonchev–Trinajstić information content (AvgIpc) is 3.78. The normalized spacial score (nSPS) is 12.2. The molecule has 0 unspecified atom stereocenters. The largest absolute Gasteiger partial charge is 0.309 e. The summed E-state index contributed by atoms with van der Waals surface area (Å²) in [6, 6.07) is 43.4. The van der Waals surface area contributed by atoms with Crippen LogP contribution in [0.1, 0.15) is 0 Å². The van der Waals surface area contributed by atoms with Crippen LogP contribution in [-0.4, -0.2) is 23.5 Å². The van der Waals surface area contributed by atoms with Crippen LogP contribution in [0.2, 0.25) is 0 Å². The number of fused-ring (bicyclic) bond motifs is 14. The van der Waals surface area contributed by atoms with E-state index in [9.17, 15) is 0 Å². The Labute approximate surface area is 245 Å². The van der Waals surface area contributed by atoms with Gasteiger partial charge in [-0.15, -0.1) is 0 Å². The van der Waals surface area contributed by atoms with Crippen molar-refractivity contribution in [3.8, 4) is 11.4 Å². The lowest BCUT2D eigenvalue weighted by Gasteiger charge is -2.12. The number of imidazole rings is 1. The van der Waals surface area contributed by atoms with Gasteiger partial charge in [-0.3, -0.25) is 9.38 Å². The molecule has 0 aliphatic rings. The lowest BCUT2D eigenvalue weighted by Crippen LogP contribution is -1.97. The van der Waals surface area contributed by atoms with Crippen molar-refractivity contribution in [3.05, 3.63) is 140 Å². The standard InChI is InChI=1S/C38H23N5/c1-3-10-24(11-4-1)42-30-16-8-7-14-26(30)27-17-20-32-33(36(27)42)28-18-19-31-34(37(28)43(32)25-12-5-2-6-13-25)35-29(15-9-21-39-35)38-40-22-23-41(31)38/h1-23H. The van der Waals surface area contributed by atoms with E-state index < -0.39 is 0 Å². The van der Waals surface area contributed by atoms with Crippen molar-refractivity contribution in [1.82, 2.24) is 23.5 Å². The molecular formula is C38H23N5. The van der Waals surface area contributed by atoms with E-state index in [-0.39, 0.29) is 0 Å². The van der Waals surface area contributed by atoms with Crippen molar-refractivity contribution in [2.75, 3.05) is 0 Å². The van der Waals surface area contributed by atoms with Crippen molar-refractivity contribution in [2.24, 2.45) is 0 Å². The molecule has 0 N–H and O–H groups in total. The molecule has 0 bridgehead atoms. The van der Waals surface area contributed by atoms with E-state index in [1.54, 1.807) is 0 Å². The molecule has 5 aromatic carbocycles. The molecule has 43 heavy (non-hydrogen) atoms. The topological polar surface area (TPSA) is 40.1 Å². The first-order valence-electron chi connectivity index (χ1n) is 14.5. The second kappa shape index (κ2) is 8.30. The third-order valence-electron chi connectivity index (χ3n) is 8.92. The van der Waals surface area contributed by atoms with Crippen LogP contribution in [0, 0.1) is 0 Å². The molecule has 5 heterocycles. The van der Waals surface area contributed by atoms with Gasteiger partial charge >= 0.3 is 0 Å². The molecule has 0 radical (unpaired) electrons. The van der Waals surface area contributed by atoms with Crippen LogP contribution in [0.25, 0.3) is 82.4 Å². The number of pyridine rings is 2. The highest BCUT2D eigenvalue weighted by molar-refractivity contribution is 6.31. The van der Waals surface area contributed by atoms with E-state index in [0.29, 0.717) is 0 Å². The summed E-state index contributed by atoms with van der Waals surface area (Å²) in [6.45, 7) is 0. The molecule has 0 aliphatic carbocycles. The Kier molecular flexibility index (Phi) is 4.39. The fourth-order valence-corrected chi connectivity index (χ4v) is 7.24. The number of hydrogen-bond donors (Lipinski definition) is 0. The maximum Gasteiger partial charge on any atom is 0.146 e. The molecule has 0 spiro atoms. The van der Waals surface area contributed by atoms with Gasteiger partial charge in [-0.25, -0.2) is 4.98 Å². The summed E-state index contributed by atoms with van der Waals surface area (Å²) in [5, 5.41) is 7.08.